The van der Waals surface area contributed by atoms with E-state index in [1.54, 1.807) is 32.3 Å². The average molecular weight is 527 g/mol. The van der Waals surface area contributed by atoms with Crippen LogP contribution in [0.5, 0.6) is 5.88 Å². The summed E-state index contributed by atoms with van der Waals surface area (Å²) in [6.45, 7) is 8.48. The highest BCUT2D eigenvalue weighted by atomic mass is 16.5. The van der Waals surface area contributed by atoms with E-state index in [9.17, 15) is 19.5 Å². The van der Waals surface area contributed by atoms with Crippen LogP contribution in [0.1, 0.15) is 83.0 Å². The van der Waals surface area contributed by atoms with Gasteiger partial charge in [-0.15, -0.1) is 0 Å². The molecule has 9 nitrogen and oxygen atoms in total. The zero-order valence-electron chi connectivity index (χ0n) is 23.1. The molecule has 0 aromatic carbocycles. The van der Waals surface area contributed by atoms with E-state index in [1.807, 2.05) is 13.8 Å². The molecule has 4 aliphatic carbocycles. The quantitative estimate of drug-likeness (QED) is 0.502. The van der Waals surface area contributed by atoms with Gasteiger partial charge in [-0.1, -0.05) is 19.9 Å². The van der Waals surface area contributed by atoms with Gasteiger partial charge in [-0.05, 0) is 88.4 Å². The second-order valence-corrected chi connectivity index (χ2v) is 13.0. The number of rotatable bonds is 9. The lowest BCUT2D eigenvalue weighted by Gasteiger charge is -2.54. The number of carboxylic acids is 1. The Labute approximate surface area is 225 Å². The Kier molecular flexibility index (Phi) is 7.31. The van der Waals surface area contributed by atoms with Crippen LogP contribution in [0.15, 0.2) is 12.3 Å². The molecule has 2 N–H and O–H groups in total. The van der Waals surface area contributed by atoms with E-state index >= 15 is 0 Å². The van der Waals surface area contributed by atoms with Crippen molar-refractivity contribution >= 4 is 24.0 Å². The van der Waals surface area contributed by atoms with E-state index in [0.29, 0.717) is 49.3 Å². The monoisotopic (exact) mass is 526 g/mol. The molecule has 4 bridgehead atoms. The van der Waals surface area contributed by atoms with E-state index in [1.165, 1.54) is 41.7 Å². The Bertz CT molecular complexity index is 1080. The largest absolute Gasteiger partial charge is 0.480 e. The highest BCUT2D eigenvalue weighted by Crippen LogP contribution is 2.53. The summed E-state index contributed by atoms with van der Waals surface area (Å²) in [5, 5.41) is 17.3. The van der Waals surface area contributed by atoms with Crippen molar-refractivity contribution in [3.05, 3.63) is 17.8 Å². The fourth-order valence-electron chi connectivity index (χ4n) is 7.36. The van der Waals surface area contributed by atoms with Crippen LogP contribution in [-0.4, -0.2) is 62.8 Å². The van der Waals surface area contributed by atoms with Gasteiger partial charge in [0.2, 0.25) is 11.8 Å². The van der Waals surface area contributed by atoms with Gasteiger partial charge in [-0.3, -0.25) is 9.59 Å². The zero-order valence-corrected chi connectivity index (χ0v) is 23.1. The van der Waals surface area contributed by atoms with Gasteiger partial charge >= 0.3 is 5.97 Å². The van der Waals surface area contributed by atoms with Crippen LogP contribution in [0.25, 0.3) is 6.20 Å². The molecule has 0 spiro atoms. The fourth-order valence-corrected chi connectivity index (χ4v) is 7.36. The van der Waals surface area contributed by atoms with Crippen LogP contribution in [0.4, 0.5) is 0 Å². The summed E-state index contributed by atoms with van der Waals surface area (Å²) in [6.07, 6.45) is 12.3. The van der Waals surface area contributed by atoms with Crippen molar-refractivity contribution in [2.45, 2.75) is 84.7 Å². The molecule has 2 heterocycles. The van der Waals surface area contributed by atoms with Crippen LogP contribution in [-0.2, 0) is 9.59 Å². The number of nitrogens with one attached hydrogen (secondary N) is 1. The van der Waals surface area contributed by atoms with Gasteiger partial charge in [0.25, 0.3) is 5.91 Å². The minimum Gasteiger partial charge on any atom is -0.480 e. The third kappa shape index (κ3) is 5.21. The van der Waals surface area contributed by atoms with Gasteiger partial charge in [0.1, 0.15) is 11.6 Å². The van der Waals surface area contributed by atoms with E-state index < -0.39 is 17.4 Å². The van der Waals surface area contributed by atoms with Gasteiger partial charge in [0, 0.05) is 18.8 Å². The Morgan fingerprint density at radius 1 is 1.16 bits per heavy atom. The van der Waals surface area contributed by atoms with E-state index in [2.05, 4.69) is 10.4 Å². The summed E-state index contributed by atoms with van der Waals surface area (Å²) >= 11 is 0. The fraction of sp³-hybridized carbons (Fsp3) is 0.724. The number of likely N-dealkylation sites (tertiary alicyclic amines) is 1. The molecule has 5 aliphatic rings. The molecular formula is C29H42N4O5. The standard InChI is InChI=1S/C29H42N4O5/c1-17(2)16-38-26-22(25(34)31-24-20-11-18-10-19(13-20)14-21(24)12-18)15-30-33(26)9-7-29(3,4)28(37)32-8-5-6-23(32)27(35)36/h7,9,15,17-21,23-24H,5-6,8,10-14,16H2,1-4H3,(H,31,34)(H,35,36)/t18?,19?,20?,21?,23-,24?/m1/s1. The highest BCUT2D eigenvalue weighted by Gasteiger charge is 2.49. The summed E-state index contributed by atoms with van der Waals surface area (Å²) in [7, 11) is 0. The molecular weight excluding hydrogens is 484 g/mol. The predicted octanol–water partition coefficient (Wildman–Crippen LogP) is 4.04. The summed E-state index contributed by atoms with van der Waals surface area (Å²) in [5.74, 6) is 2.05. The van der Waals surface area contributed by atoms with E-state index in [0.717, 1.165) is 11.8 Å². The molecule has 0 unspecified atom stereocenters. The van der Waals surface area contributed by atoms with Crippen molar-refractivity contribution in [1.29, 1.82) is 0 Å². The molecule has 0 radical (unpaired) electrons. The number of aliphatic carboxylic acids is 1. The molecule has 1 aromatic rings. The van der Waals surface area contributed by atoms with Crippen LogP contribution in [0, 0.1) is 35.0 Å². The van der Waals surface area contributed by atoms with Gasteiger partial charge in [0.15, 0.2) is 0 Å². The van der Waals surface area contributed by atoms with Crippen molar-refractivity contribution in [2.75, 3.05) is 13.2 Å². The van der Waals surface area contributed by atoms with E-state index in [-0.39, 0.29) is 23.8 Å². The topological polar surface area (TPSA) is 114 Å². The summed E-state index contributed by atoms with van der Waals surface area (Å²) < 4.78 is 7.60. The minimum absolute atomic E-state index is 0.155. The molecule has 1 atom stereocenters. The zero-order chi connectivity index (χ0) is 27.2. The number of carbonyl (C=O) groups is 3. The molecule has 1 aliphatic heterocycles. The maximum atomic E-state index is 13.5. The van der Waals surface area contributed by atoms with Crippen LogP contribution < -0.4 is 10.1 Å². The van der Waals surface area contributed by atoms with Crippen molar-refractivity contribution in [3.8, 4) is 5.88 Å². The minimum atomic E-state index is -0.970. The number of hydrogen-bond acceptors (Lipinski definition) is 5. The van der Waals surface area contributed by atoms with Crippen LogP contribution >= 0.6 is 0 Å². The van der Waals surface area contributed by atoms with Gasteiger partial charge in [-0.25, -0.2) is 9.48 Å². The van der Waals surface area contributed by atoms with Gasteiger partial charge < -0.3 is 20.1 Å². The summed E-state index contributed by atoms with van der Waals surface area (Å²) in [4.78, 5) is 39.8. The maximum Gasteiger partial charge on any atom is 0.326 e. The van der Waals surface area contributed by atoms with Crippen molar-refractivity contribution in [3.63, 3.8) is 0 Å². The van der Waals surface area contributed by atoms with Crippen LogP contribution in [0.2, 0.25) is 0 Å². The number of hydrogen-bond donors (Lipinski definition) is 2. The van der Waals surface area contributed by atoms with Crippen LogP contribution in [0.3, 0.4) is 0 Å². The Balaban J connectivity index is 1.33. The number of carboxylic acid groups (broad SMARTS) is 1. The second-order valence-electron chi connectivity index (χ2n) is 13.0. The van der Waals surface area contributed by atoms with Crippen molar-refractivity contribution in [2.24, 2.45) is 35.0 Å². The Morgan fingerprint density at radius 3 is 2.42 bits per heavy atom. The molecule has 2 amide bonds. The normalized spacial score (nSPS) is 30.4. The molecule has 9 heteroatoms. The third-order valence-electron chi connectivity index (χ3n) is 9.05. The van der Waals surface area contributed by atoms with Gasteiger partial charge in [-0.2, -0.15) is 5.10 Å². The molecule has 6 rings (SSSR count). The third-order valence-corrected chi connectivity index (χ3v) is 9.05. The number of amides is 2. The molecule has 1 saturated heterocycles. The highest BCUT2D eigenvalue weighted by molar-refractivity contribution is 5.96. The average Bonchev–Trinajstić information content (AvgIpc) is 3.50. The lowest BCUT2D eigenvalue weighted by Crippen LogP contribution is -2.55. The van der Waals surface area contributed by atoms with Crippen molar-refractivity contribution < 1.29 is 24.2 Å². The molecule has 4 saturated carbocycles. The lowest BCUT2D eigenvalue weighted by atomic mass is 9.54. The number of nitrogens with zero attached hydrogens (tertiary/aromatic N) is 3. The molecule has 1 aromatic heterocycles. The number of ether oxygens (including phenoxy) is 1. The summed E-state index contributed by atoms with van der Waals surface area (Å²) in [6, 6.07) is -0.573. The number of carbonyl (C=O) groups excluding carboxylic acids is 2. The first-order chi connectivity index (χ1) is 18.0. The number of aromatic nitrogens is 2. The SMILES string of the molecule is CC(C)COc1c(C(=O)NC2C3CC4CC(C3)CC2C4)cnn1C=CC(C)(C)C(=O)N1CCC[C@@H]1C(=O)O. The smallest absolute Gasteiger partial charge is 0.326 e. The summed E-state index contributed by atoms with van der Waals surface area (Å²) in [5.41, 5.74) is -0.555. The van der Waals surface area contributed by atoms with Crippen molar-refractivity contribution in [1.82, 2.24) is 20.0 Å². The first-order valence-electron chi connectivity index (χ1n) is 14.3. The first kappa shape index (κ1) is 26.8. The first-order valence-corrected chi connectivity index (χ1v) is 14.3. The molecule has 208 valence electrons. The molecule has 38 heavy (non-hydrogen) atoms. The second kappa shape index (κ2) is 10.4. The Morgan fingerprint density at radius 2 is 1.82 bits per heavy atom. The van der Waals surface area contributed by atoms with E-state index in [4.69, 9.17) is 4.74 Å². The maximum absolute atomic E-state index is 13.5. The van der Waals surface area contributed by atoms with Gasteiger partial charge in [0.05, 0.1) is 18.2 Å². The Hall–Kier alpha value is -2.84. The molecule has 5 fully saturated rings. The predicted molar refractivity (Wildman–Crippen MR) is 142 cm³/mol. The lowest BCUT2D eigenvalue weighted by molar-refractivity contribution is -0.151.